The van der Waals surface area contributed by atoms with Gasteiger partial charge in [-0.2, -0.15) is 0 Å². The quantitative estimate of drug-likeness (QED) is 0.474. The summed E-state index contributed by atoms with van der Waals surface area (Å²) in [5.74, 6) is 0. The van der Waals surface area contributed by atoms with Gasteiger partial charge in [-0.15, -0.1) is 34.0 Å². The molecule has 0 aliphatic heterocycles. The van der Waals surface area contributed by atoms with Crippen molar-refractivity contribution in [1.29, 1.82) is 0 Å². The van der Waals surface area contributed by atoms with E-state index in [1.807, 2.05) is 22.7 Å². The van der Waals surface area contributed by atoms with E-state index >= 15 is 0 Å². The minimum absolute atomic E-state index is 1.31. The van der Waals surface area contributed by atoms with E-state index in [9.17, 15) is 0 Å². The van der Waals surface area contributed by atoms with Crippen LogP contribution in [0.5, 0.6) is 0 Å². The Kier molecular flexibility index (Phi) is 3.15. The lowest BCUT2D eigenvalue weighted by Crippen LogP contribution is -1.83. The Hall–Kier alpha value is -0.900. The van der Waals surface area contributed by atoms with E-state index in [4.69, 9.17) is 0 Å². The Balaban J connectivity index is 1.56. The van der Waals surface area contributed by atoms with Gasteiger partial charge in [0.2, 0.25) is 0 Å². The van der Waals surface area contributed by atoms with E-state index in [0.717, 1.165) is 0 Å². The second kappa shape index (κ2) is 5.30. The minimum atomic E-state index is 1.31. The molecule has 0 atom stereocenters. The first kappa shape index (κ1) is 14.3. The van der Waals surface area contributed by atoms with Crippen LogP contribution in [0.25, 0.3) is 19.5 Å². The lowest BCUT2D eigenvalue weighted by molar-refractivity contribution is 0.908. The molecule has 0 N–H and O–H groups in total. The monoisotopic (exact) mass is 368 g/mol. The van der Waals surface area contributed by atoms with Gasteiger partial charge in [0.25, 0.3) is 0 Å². The van der Waals surface area contributed by atoms with Gasteiger partial charge in [-0.1, -0.05) is 0 Å². The van der Waals surface area contributed by atoms with E-state index in [2.05, 4.69) is 22.1 Å². The van der Waals surface area contributed by atoms with Gasteiger partial charge < -0.3 is 0 Å². The standard InChI is InChI=1S/C21H20S3/c1-4-12-10-22-18(14(12)6-1)20-16-8-3-9-17(16)21(24-20)19-15-7-2-5-13(15)11-23-19/h10-11H,1-9H2. The molecule has 0 unspecified atom stereocenters. The predicted molar refractivity (Wildman–Crippen MR) is 107 cm³/mol. The van der Waals surface area contributed by atoms with Crippen molar-refractivity contribution in [3.05, 3.63) is 44.1 Å². The third-order valence-corrected chi connectivity index (χ3v) is 9.83. The van der Waals surface area contributed by atoms with Crippen molar-refractivity contribution in [2.24, 2.45) is 0 Å². The maximum Gasteiger partial charge on any atom is 0.0487 e. The van der Waals surface area contributed by atoms with Crippen LogP contribution in [0.3, 0.4) is 0 Å². The first-order chi connectivity index (χ1) is 11.9. The van der Waals surface area contributed by atoms with Crippen LogP contribution in [0.15, 0.2) is 10.8 Å². The van der Waals surface area contributed by atoms with E-state index in [0.29, 0.717) is 0 Å². The van der Waals surface area contributed by atoms with Crippen LogP contribution in [0.2, 0.25) is 0 Å². The third-order valence-electron chi connectivity index (χ3n) is 6.09. The van der Waals surface area contributed by atoms with Crippen molar-refractivity contribution in [3.8, 4) is 19.5 Å². The molecule has 0 radical (unpaired) electrons. The molecule has 3 heterocycles. The first-order valence-electron chi connectivity index (χ1n) is 9.24. The van der Waals surface area contributed by atoms with Crippen molar-refractivity contribution >= 4 is 34.0 Å². The maximum absolute atomic E-state index is 2.45. The molecule has 122 valence electrons. The SMILES string of the molecule is c1sc(-c2sc(-c3scc4c3CCC4)c3c2CCC3)c2c1CCC2. The normalized spacial score (nSPS) is 18.2. The van der Waals surface area contributed by atoms with Gasteiger partial charge in [0.15, 0.2) is 0 Å². The third kappa shape index (κ3) is 1.89. The minimum Gasteiger partial charge on any atom is -0.142 e. The highest BCUT2D eigenvalue weighted by Crippen LogP contribution is 2.52. The fraction of sp³-hybridized carbons (Fsp3) is 0.429. The van der Waals surface area contributed by atoms with Gasteiger partial charge in [-0.25, -0.2) is 0 Å². The fourth-order valence-electron chi connectivity index (χ4n) is 4.93. The lowest BCUT2D eigenvalue weighted by atomic mass is 10.1. The highest BCUT2D eigenvalue weighted by Gasteiger charge is 2.30. The van der Waals surface area contributed by atoms with Crippen molar-refractivity contribution in [2.75, 3.05) is 0 Å². The van der Waals surface area contributed by atoms with Crippen LogP contribution in [0.4, 0.5) is 0 Å². The summed E-state index contributed by atoms with van der Waals surface area (Å²) in [6.07, 6.45) is 11.9. The molecule has 0 spiro atoms. The van der Waals surface area contributed by atoms with Crippen molar-refractivity contribution in [2.45, 2.75) is 57.8 Å². The Labute approximate surface area is 155 Å². The smallest absolute Gasteiger partial charge is 0.0487 e. The lowest BCUT2D eigenvalue weighted by Gasteiger charge is -2.01. The molecule has 6 rings (SSSR count). The van der Waals surface area contributed by atoms with Gasteiger partial charge in [0.1, 0.15) is 0 Å². The summed E-state index contributed by atoms with van der Waals surface area (Å²) in [4.78, 5) is 6.55. The molecule has 24 heavy (non-hydrogen) atoms. The van der Waals surface area contributed by atoms with Crippen molar-refractivity contribution in [1.82, 2.24) is 0 Å². The average molecular weight is 369 g/mol. The van der Waals surface area contributed by atoms with Crippen LogP contribution in [-0.2, 0) is 38.5 Å². The van der Waals surface area contributed by atoms with Gasteiger partial charge in [0.05, 0.1) is 0 Å². The number of hydrogen-bond acceptors (Lipinski definition) is 3. The van der Waals surface area contributed by atoms with Crippen molar-refractivity contribution in [3.63, 3.8) is 0 Å². The Bertz CT molecular complexity index is 876. The molecule has 0 aromatic carbocycles. The summed E-state index contributed by atoms with van der Waals surface area (Å²) in [5, 5.41) is 4.89. The summed E-state index contributed by atoms with van der Waals surface area (Å²) < 4.78 is 0. The molecule has 3 aliphatic carbocycles. The van der Waals surface area contributed by atoms with E-state index < -0.39 is 0 Å². The molecular formula is C21H20S3. The highest BCUT2D eigenvalue weighted by molar-refractivity contribution is 7.26. The van der Waals surface area contributed by atoms with Crippen LogP contribution in [-0.4, -0.2) is 0 Å². The summed E-state index contributed by atoms with van der Waals surface area (Å²) in [6, 6.07) is 0. The molecule has 0 saturated carbocycles. The molecule has 3 aromatic heterocycles. The fourth-order valence-corrected chi connectivity index (χ4v) is 9.06. The molecule has 3 aliphatic rings. The number of thiophene rings is 3. The Morgan fingerprint density at radius 1 is 0.500 bits per heavy atom. The highest BCUT2D eigenvalue weighted by atomic mass is 32.1. The summed E-state index contributed by atoms with van der Waals surface area (Å²) in [6.45, 7) is 0. The average Bonchev–Trinajstić information content (AvgIpc) is 3.36. The summed E-state index contributed by atoms with van der Waals surface area (Å²) in [7, 11) is 0. The Morgan fingerprint density at radius 2 is 0.958 bits per heavy atom. The molecule has 0 fully saturated rings. The second-order valence-electron chi connectivity index (χ2n) is 7.42. The molecule has 0 saturated heterocycles. The van der Waals surface area contributed by atoms with Crippen molar-refractivity contribution < 1.29 is 0 Å². The number of hydrogen-bond donors (Lipinski definition) is 0. The molecule has 0 bridgehead atoms. The molecular weight excluding hydrogens is 348 g/mol. The number of rotatable bonds is 2. The van der Waals surface area contributed by atoms with Gasteiger partial charge in [-0.05, 0) is 102 Å². The van der Waals surface area contributed by atoms with Crippen LogP contribution in [0, 0.1) is 0 Å². The maximum atomic E-state index is 2.45. The molecule has 3 heteroatoms. The molecule has 3 aromatic rings. The zero-order valence-corrected chi connectivity index (χ0v) is 16.2. The van der Waals surface area contributed by atoms with E-state index in [-0.39, 0.29) is 0 Å². The van der Waals surface area contributed by atoms with E-state index in [1.54, 1.807) is 52.9 Å². The number of fused-ring (bicyclic) bond motifs is 3. The number of aryl methyl sites for hydroxylation is 2. The zero-order chi connectivity index (χ0) is 15.7. The zero-order valence-electron chi connectivity index (χ0n) is 13.7. The summed E-state index contributed by atoms with van der Waals surface area (Å²) >= 11 is 6.17. The second-order valence-corrected chi connectivity index (χ2v) is 10.2. The van der Waals surface area contributed by atoms with Gasteiger partial charge in [-0.3, -0.25) is 0 Å². The van der Waals surface area contributed by atoms with Gasteiger partial charge >= 0.3 is 0 Å². The predicted octanol–water partition coefficient (Wildman–Crippen LogP) is 6.67. The van der Waals surface area contributed by atoms with Gasteiger partial charge in [0, 0.05) is 19.5 Å². The van der Waals surface area contributed by atoms with E-state index in [1.165, 1.54) is 57.8 Å². The Morgan fingerprint density at radius 3 is 1.50 bits per heavy atom. The summed E-state index contributed by atoms with van der Waals surface area (Å²) in [5.41, 5.74) is 10.1. The first-order valence-corrected chi connectivity index (χ1v) is 11.8. The topological polar surface area (TPSA) is 0 Å². The molecule has 0 nitrogen and oxygen atoms in total. The van der Waals surface area contributed by atoms with Crippen LogP contribution >= 0.6 is 34.0 Å². The molecule has 0 amide bonds. The van der Waals surface area contributed by atoms with Crippen LogP contribution in [0.1, 0.15) is 52.6 Å². The van der Waals surface area contributed by atoms with Crippen LogP contribution < -0.4 is 0 Å². The largest absolute Gasteiger partial charge is 0.142 e.